The monoisotopic (exact) mass is 246 g/mol. The fraction of sp³-hybridized carbons (Fsp3) is 0.818. The lowest BCUT2D eigenvalue weighted by molar-refractivity contribution is -0.139. The molecule has 0 saturated heterocycles. The summed E-state index contributed by atoms with van der Waals surface area (Å²) in [6.45, 7) is 4.34. The van der Waals surface area contributed by atoms with Gasteiger partial charge in [-0.1, -0.05) is 26.7 Å². The molecule has 0 aromatic carbocycles. The lowest BCUT2D eigenvalue weighted by Crippen LogP contribution is -2.47. The molecule has 100 valence electrons. The van der Waals surface area contributed by atoms with Crippen LogP contribution in [-0.4, -0.2) is 41.4 Å². The zero-order valence-corrected chi connectivity index (χ0v) is 10.4. The van der Waals surface area contributed by atoms with Crippen molar-refractivity contribution in [3.8, 4) is 0 Å². The van der Waals surface area contributed by atoms with Gasteiger partial charge in [-0.2, -0.15) is 0 Å². The van der Waals surface area contributed by atoms with Crippen LogP contribution in [0.15, 0.2) is 0 Å². The Hall–Kier alpha value is -1.30. The first kappa shape index (κ1) is 15.7. The number of amides is 2. The number of carboxylic acids is 1. The first-order valence-corrected chi connectivity index (χ1v) is 5.93. The Morgan fingerprint density at radius 3 is 2.24 bits per heavy atom. The molecule has 6 nitrogen and oxygen atoms in total. The summed E-state index contributed by atoms with van der Waals surface area (Å²) < 4.78 is 0. The van der Waals surface area contributed by atoms with Crippen LogP contribution in [-0.2, 0) is 4.79 Å². The predicted octanol–water partition coefficient (Wildman–Crippen LogP) is 0.557. The number of aliphatic hydroxyl groups is 1. The number of rotatable bonds is 8. The highest BCUT2D eigenvalue weighted by Gasteiger charge is 2.19. The highest BCUT2D eigenvalue weighted by Crippen LogP contribution is 2.04. The van der Waals surface area contributed by atoms with Crippen molar-refractivity contribution >= 4 is 12.0 Å². The molecule has 4 N–H and O–H groups in total. The second-order valence-electron chi connectivity index (χ2n) is 3.94. The van der Waals surface area contributed by atoms with Gasteiger partial charge in [0.25, 0.3) is 0 Å². The number of hydrogen-bond acceptors (Lipinski definition) is 3. The largest absolute Gasteiger partial charge is 0.480 e. The van der Waals surface area contributed by atoms with Gasteiger partial charge in [-0.15, -0.1) is 0 Å². The first-order valence-electron chi connectivity index (χ1n) is 5.93. The van der Waals surface area contributed by atoms with Gasteiger partial charge >= 0.3 is 12.0 Å². The summed E-state index contributed by atoms with van der Waals surface area (Å²) in [5.41, 5.74) is 0. The van der Waals surface area contributed by atoms with E-state index in [-0.39, 0.29) is 13.0 Å². The number of carbonyl (C=O) groups is 2. The molecule has 6 heteroatoms. The van der Waals surface area contributed by atoms with E-state index in [1.165, 1.54) is 0 Å². The van der Waals surface area contributed by atoms with Crippen molar-refractivity contribution in [3.05, 3.63) is 0 Å². The minimum absolute atomic E-state index is 0.00768. The molecule has 0 aromatic heterocycles. The Labute approximate surface area is 101 Å². The number of urea groups is 1. The minimum Gasteiger partial charge on any atom is -0.480 e. The summed E-state index contributed by atoms with van der Waals surface area (Å²) in [4.78, 5) is 22.1. The van der Waals surface area contributed by atoms with Crippen molar-refractivity contribution in [2.24, 2.45) is 5.92 Å². The van der Waals surface area contributed by atoms with Crippen molar-refractivity contribution in [1.29, 1.82) is 0 Å². The third-order valence-electron chi connectivity index (χ3n) is 2.73. The fourth-order valence-corrected chi connectivity index (χ4v) is 1.41. The van der Waals surface area contributed by atoms with Crippen LogP contribution < -0.4 is 10.6 Å². The van der Waals surface area contributed by atoms with E-state index in [2.05, 4.69) is 10.6 Å². The molecule has 0 saturated carbocycles. The number of aliphatic hydroxyl groups excluding tert-OH is 1. The van der Waals surface area contributed by atoms with E-state index in [4.69, 9.17) is 10.2 Å². The molecule has 0 aromatic rings. The first-order chi connectivity index (χ1) is 8.04. The molecule has 1 unspecified atom stereocenters. The summed E-state index contributed by atoms with van der Waals surface area (Å²) in [7, 11) is 0. The number of carboxylic acid groups (broad SMARTS) is 1. The van der Waals surface area contributed by atoms with Crippen molar-refractivity contribution in [2.75, 3.05) is 13.2 Å². The van der Waals surface area contributed by atoms with Gasteiger partial charge in [0.15, 0.2) is 0 Å². The number of hydrogen-bond donors (Lipinski definition) is 4. The zero-order chi connectivity index (χ0) is 13.3. The van der Waals surface area contributed by atoms with E-state index in [0.29, 0.717) is 12.5 Å². The average Bonchev–Trinajstić information content (AvgIpc) is 2.29. The Balaban J connectivity index is 4.01. The summed E-state index contributed by atoms with van der Waals surface area (Å²) in [5.74, 6) is -0.737. The van der Waals surface area contributed by atoms with Crippen LogP contribution in [0.3, 0.4) is 0 Å². The van der Waals surface area contributed by atoms with Gasteiger partial charge in [0.05, 0.1) is 0 Å². The predicted molar refractivity (Wildman–Crippen MR) is 63.7 cm³/mol. The minimum atomic E-state index is -1.14. The molecule has 0 fully saturated rings. The maximum absolute atomic E-state index is 11.4. The lowest BCUT2D eigenvalue weighted by Gasteiger charge is -2.16. The molecule has 0 radical (unpaired) electrons. The fourth-order valence-electron chi connectivity index (χ4n) is 1.41. The van der Waals surface area contributed by atoms with Gasteiger partial charge in [0, 0.05) is 19.6 Å². The second-order valence-corrected chi connectivity index (χ2v) is 3.94. The molecule has 2 amide bonds. The maximum Gasteiger partial charge on any atom is 0.326 e. The highest BCUT2D eigenvalue weighted by molar-refractivity contribution is 5.82. The number of nitrogens with one attached hydrogen (secondary N) is 2. The van der Waals surface area contributed by atoms with Gasteiger partial charge < -0.3 is 20.8 Å². The van der Waals surface area contributed by atoms with Gasteiger partial charge in [-0.25, -0.2) is 9.59 Å². The highest BCUT2D eigenvalue weighted by atomic mass is 16.4. The lowest BCUT2D eigenvalue weighted by atomic mass is 10.0. The second kappa shape index (κ2) is 8.81. The number of aliphatic carboxylic acids is 1. The van der Waals surface area contributed by atoms with Crippen LogP contribution >= 0.6 is 0 Å². The van der Waals surface area contributed by atoms with Gasteiger partial charge in [-0.3, -0.25) is 0 Å². The molecule has 0 aliphatic carbocycles. The van der Waals surface area contributed by atoms with Crippen LogP contribution in [0.25, 0.3) is 0 Å². The van der Waals surface area contributed by atoms with E-state index < -0.39 is 18.0 Å². The van der Waals surface area contributed by atoms with Crippen molar-refractivity contribution in [1.82, 2.24) is 10.6 Å². The Kier molecular flexibility index (Phi) is 8.13. The van der Waals surface area contributed by atoms with Crippen LogP contribution in [0, 0.1) is 5.92 Å². The normalized spacial score (nSPS) is 12.2. The van der Waals surface area contributed by atoms with Gasteiger partial charge in [0.1, 0.15) is 6.04 Å². The van der Waals surface area contributed by atoms with Crippen molar-refractivity contribution in [3.63, 3.8) is 0 Å². The van der Waals surface area contributed by atoms with E-state index >= 15 is 0 Å². The Bertz CT molecular complexity index is 242. The Morgan fingerprint density at radius 1 is 1.24 bits per heavy atom. The number of carbonyl (C=O) groups excluding carboxylic acids is 1. The molecule has 0 aliphatic rings. The summed E-state index contributed by atoms with van der Waals surface area (Å²) in [5, 5.41) is 22.4. The van der Waals surface area contributed by atoms with Crippen molar-refractivity contribution < 1.29 is 19.8 Å². The third kappa shape index (κ3) is 6.78. The van der Waals surface area contributed by atoms with E-state index in [9.17, 15) is 9.59 Å². The zero-order valence-electron chi connectivity index (χ0n) is 10.4. The van der Waals surface area contributed by atoms with E-state index in [1.54, 1.807) is 0 Å². The van der Waals surface area contributed by atoms with Crippen LogP contribution in [0.2, 0.25) is 0 Å². The molecule has 0 rings (SSSR count). The standard InChI is InChI=1S/C11H22N2O4/c1-3-8(4-2)7-12-11(17)13-9(5-6-14)10(15)16/h8-9,14H,3-7H2,1-2H3,(H,15,16)(H2,12,13,17). The molecule has 0 spiro atoms. The van der Waals surface area contributed by atoms with E-state index in [1.807, 2.05) is 13.8 Å². The van der Waals surface area contributed by atoms with Crippen molar-refractivity contribution in [2.45, 2.75) is 39.2 Å². The molecule has 0 bridgehead atoms. The SMILES string of the molecule is CCC(CC)CNC(=O)NC(CCO)C(=O)O. The van der Waals surface area contributed by atoms with Crippen LogP contribution in [0.5, 0.6) is 0 Å². The van der Waals surface area contributed by atoms with Crippen LogP contribution in [0.4, 0.5) is 4.79 Å². The average molecular weight is 246 g/mol. The van der Waals surface area contributed by atoms with E-state index in [0.717, 1.165) is 12.8 Å². The molecule has 17 heavy (non-hydrogen) atoms. The van der Waals surface area contributed by atoms with Gasteiger partial charge in [-0.05, 0) is 5.92 Å². The van der Waals surface area contributed by atoms with Crippen LogP contribution in [0.1, 0.15) is 33.1 Å². The maximum atomic E-state index is 11.4. The topological polar surface area (TPSA) is 98.7 Å². The molecule has 0 aliphatic heterocycles. The molecular formula is C11H22N2O4. The summed E-state index contributed by atoms with van der Waals surface area (Å²) in [6, 6.07) is -1.54. The quantitative estimate of drug-likeness (QED) is 0.503. The smallest absolute Gasteiger partial charge is 0.326 e. The molecule has 0 heterocycles. The molecule has 1 atom stereocenters. The summed E-state index contributed by atoms with van der Waals surface area (Å²) in [6.07, 6.45) is 1.94. The molecular weight excluding hydrogens is 224 g/mol. The Morgan fingerprint density at radius 2 is 1.82 bits per heavy atom. The third-order valence-corrected chi connectivity index (χ3v) is 2.73. The van der Waals surface area contributed by atoms with Gasteiger partial charge in [0.2, 0.25) is 0 Å². The summed E-state index contributed by atoms with van der Waals surface area (Å²) >= 11 is 0.